The first kappa shape index (κ1) is 12.6. The average molecular weight is 260 g/mol. The monoisotopic (exact) mass is 260 g/mol. The number of amides is 1. The molecular formula is C15H20N2O2. The summed E-state index contributed by atoms with van der Waals surface area (Å²) in [5, 5.41) is 0. The SMILES string of the molecule is CC1C(=O)N2C(c3ccccc3)OC[C@@]2(CN)C1C. The molecule has 4 nitrogen and oxygen atoms in total. The van der Waals surface area contributed by atoms with Crippen LogP contribution in [0.3, 0.4) is 0 Å². The number of ether oxygens (including phenoxy) is 1. The van der Waals surface area contributed by atoms with Crippen molar-refractivity contribution in [1.29, 1.82) is 0 Å². The predicted octanol–water partition coefficient (Wildman–Crippen LogP) is 1.53. The van der Waals surface area contributed by atoms with Gasteiger partial charge in [-0.3, -0.25) is 4.79 Å². The molecule has 102 valence electrons. The van der Waals surface area contributed by atoms with Crippen LogP contribution < -0.4 is 5.73 Å². The molecule has 0 saturated carbocycles. The summed E-state index contributed by atoms with van der Waals surface area (Å²) in [6.07, 6.45) is -0.287. The van der Waals surface area contributed by atoms with E-state index < -0.39 is 0 Å². The van der Waals surface area contributed by atoms with Gasteiger partial charge in [-0.1, -0.05) is 44.2 Å². The number of benzene rings is 1. The van der Waals surface area contributed by atoms with Gasteiger partial charge in [0.15, 0.2) is 6.23 Å². The number of carbonyl (C=O) groups excluding carboxylic acids is 1. The fourth-order valence-corrected chi connectivity index (χ4v) is 3.39. The summed E-state index contributed by atoms with van der Waals surface area (Å²) in [5.74, 6) is 0.390. The third kappa shape index (κ3) is 1.56. The van der Waals surface area contributed by atoms with E-state index in [0.29, 0.717) is 13.2 Å². The number of nitrogens with zero attached hydrogens (tertiary/aromatic N) is 1. The van der Waals surface area contributed by atoms with Gasteiger partial charge >= 0.3 is 0 Å². The Hall–Kier alpha value is -1.39. The molecule has 2 heterocycles. The maximum absolute atomic E-state index is 12.5. The van der Waals surface area contributed by atoms with Crippen LogP contribution in [0.25, 0.3) is 0 Å². The van der Waals surface area contributed by atoms with Gasteiger partial charge in [0.1, 0.15) is 0 Å². The van der Waals surface area contributed by atoms with Crippen molar-refractivity contribution in [3.8, 4) is 0 Å². The van der Waals surface area contributed by atoms with Gasteiger partial charge in [0.05, 0.1) is 12.1 Å². The second-order valence-corrected chi connectivity index (χ2v) is 5.67. The Morgan fingerprint density at radius 1 is 1.37 bits per heavy atom. The van der Waals surface area contributed by atoms with Crippen molar-refractivity contribution in [3.05, 3.63) is 35.9 Å². The van der Waals surface area contributed by atoms with Crippen molar-refractivity contribution < 1.29 is 9.53 Å². The highest BCUT2D eigenvalue weighted by Gasteiger charge is 2.60. The van der Waals surface area contributed by atoms with E-state index >= 15 is 0 Å². The second-order valence-electron chi connectivity index (χ2n) is 5.67. The molecule has 19 heavy (non-hydrogen) atoms. The summed E-state index contributed by atoms with van der Waals surface area (Å²) in [4.78, 5) is 14.4. The lowest BCUT2D eigenvalue weighted by molar-refractivity contribution is -0.138. The largest absolute Gasteiger partial charge is 0.351 e. The van der Waals surface area contributed by atoms with Crippen molar-refractivity contribution in [1.82, 2.24) is 4.90 Å². The molecule has 0 spiro atoms. The zero-order chi connectivity index (χ0) is 13.6. The standard InChI is InChI=1S/C15H20N2O2/c1-10-11(2)15(8-16)9-19-14(17(15)13(10)18)12-6-4-3-5-7-12/h3-7,10-11,14H,8-9,16H2,1-2H3/t10?,11?,14?,15-/m0/s1. The highest BCUT2D eigenvalue weighted by molar-refractivity contribution is 5.83. The molecule has 1 aromatic rings. The van der Waals surface area contributed by atoms with E-state index in [1.165, 1.54) is 0 Å². The van der Waals surface area contributed by atoms with Crippen LogP contribution in [0.5, 0.6) is 0 Å². The first-order chi connectivity index (χ1) is 9.12. The third-order valence-corrected chi connectivity index (χ3v) is 4.87. The molecule has 0 bridgehead atoms. The minimum absolute atomic E-state index is 0.0127. The van der Waals surface area contributed by atoms with Crippen molar-refractivity contribution in [3.63, 3.8) is 0 Å². The molecule has 4 heteroatoms. The van der Waals surface area contributed by atoms with E-state index in [1.807, 2.05) is 42.2 Å². The summed E-state index contributed by atoms with van der Waals surface area (Å²) in [7, 11) is 0. The average Bonchev–Trinajstić information content (AvgIpc) is 2.93. The summed E-state index contributed by atoms with van der Waals surface area (Å²) in [6, 6.07) is 9.89. The molecule has 2 aliphatic heterocycles. The Kier molecular flexibility index (Phi) is 2.87. The molecule has 2 aliphatic rings. The fourth-order valence-electron chi connectivity index (χ4n) is 3.39. The number of fused-ring (bicyclic) bond motifs is 1. The summed E-state index contributed by atoms with van der Waals surface area (Å²) in [5.41, 5.74) is 6.68. The van der Waals surface area contributed by atoms with Crippen LogP contribution in [0.4, 0.5) is 0 Å². The van der Waals surface area contributed by atoms with Crippen LogP contribution in [0.1, 0.15) is 25.6 Å². The maximum Gasteiger partial charge on any atom is 0.228 e. The number of hydrogen-bond donors (Lipinski definition) is 1. The summed E-state index contributed by atoms with van der Waals surface area (Å²) in [6.45, 7) is 5.07. The quantitative estimate of drug-likeness (QED) is 0.877. The van der Waals surface area contributed by atoms with Crippen LogP contribution in [-0.2, 0) is 9.53 Å². The molecule has 0 radical (unpaired) electrons. The van der Waals surface area contributed by atoms with Gasteiger partial charge in [0, 0.05) is 18.0 Å². The molecule has 0 aromatic heterocycles. The molecule has 3 unspecified atom stereocenters. The number of nitrogens with two attached hydrogens (primary N) is 1. The molecule has 1 amide bonds. The van der Waals surface area contributed by atoms with Gasteiger partial charge in [-0.2, -0.15) is 0 Å². The van der Waals surface area contributed by atoms with Gasteiger partial charge in [0.2, 0.25) is 5.91 Å². The maximum atomic E-state index is 12.5. The van der Waals surface area contributed by atoms with E-state index in [4.69, 9.17) is 10.5 Å². The summed E-state index contributed by atoms with van der Waals surface area (Å²) >= 11 is 0. The van der Waals surface area contributed by atoms with Crippen molar-refractivity contribution >= 4 is 5.91 Å². The highest BCUT2D eigenvalue weighted by Crippen LogP contribution is 2.49. The minimum atomic E-state index is -0.336. The molecule has 4 atom stereocenters. The second kappa shape index (κ2) is 4.32. The first-order valence-corrected chi connectivity index (χ1v) is 6.81. The Balaban J connectivity index is 2.02. The number of hydrogen-bond acceptors (Lipinski definition) is 3. The van der Waals surface area contributed by atoms with Crippen LogP contribution in [0.2, 0.25) is 0 Å². The zero-order valence-corrected chi connectivity index (χ0v) is 11.4. The van der Waals surface area contributed by atoms with Crippen molar-refractivity contribution in [2.75, 3.05) is 13.2 Å². The molecular weight excluding hydrogens is 240 g/mol. The van der Waals surface area contributed by atoms with Crippen molar-refractivity contribution in [2.24, 2.45) is 17.6 Å². The van der Waals surface area contributed by atoms with Gasteiger partial charge in [-0.05, 0) is 5.92 Å². The molecule has 2 N–H and O–H groups in total. The first-order valence-electron chi connectivity index (χ1n) is 6.81. The van der Waals surface area contributed by atoms with E-state index in [0.717, 1.165) is 5.56 Å². The minimum Gasteiger partial charge on any atom is -0.351 e. The Morgan fingerprint density at radius 2 is 2.05 bits per heavy atom. The highest BCUT2D eigenvalue weighted by atomic mass is 16.5. The van der Waals surface area contributed by atoms with Gasteiger partial charge in [0.25, 0.3) is 0 Å². The van der Waals surface area contributed by atoms with E-state index in [9.17, 15) is 4.79 Å². The lowest BCUT2D eigenvalue weighted by Crippen LogP contribution is -2.52. The van der Waals surface area contributed by atoms with Gasteiger partial charge < -0.3 is 15.4 Å². The van der Waals surface area contributed by atoms with Crippen molar-refractivity contribution in [2.45, 2.75) is 25.6 Å². The van der Waals surface area contributed by atoms with Crippen LogP contribution in [0, 0.1) is 11.8 Å². The lowest BCUT2D eigenvalue weighted by atomic mass is 9.82. The van der Waals surface area contributed by atoms with E-state index in [1.54, 1.807) is 0 Å². The number of carbonyl (C=O) groups is 1. The van der Waals surface area contributed by atoms with Gasteiger partial charge in [-0.25, -0.2) is 0 Å². The Bertz CT molecular complexity index is 490. The van der Waals surface area contributed by atoms with Crippen LogP contribution in [0.15, 0.2) is 30.3 Å². The van der Waals surface area contributed by atoms with Crippen LogP contribution in [-0.4, -0.2) is 29.5 Å². The molecule has 0 aliphatic carbocycles. The smallest absolute Gasteiger partial charge is 0.228 e. The lowest BCUT2D eigenvalue weighted by Gasteiger charge is -2.34. The normalized spacial score (nSPS) is 37.7. The zero-order valence-electron chi connectivity index (χ0n) is 11.4. The van der Waals surface area contributed by atoms with Crippen LogP contribution >= 0.6 is 0 Å². The predicted molar refractivity (Wildman–Crippen MR) is 72.1 cm³/mol. The van der Waals surface area contributed by atoms with E-state index in [-0.39, 0.29) is 29.5 Å². The third-order valence-electron chi connectivity index (χ3n) is 4.87. The molecule has 2 fully saturated rings. The molecule has 2 saturated heterocycles. The Morgan fingerprint density at radius 3 is 2.68 bits per heavy atom. The summed E-state index contributed by atoms with van der Waals surface area (Å²) < 4.78 is 5.91. The topological polar surface area (TPSA) is 55.6 Å². The Labute approximate surface area is 113 Å². The molecule has 3 rings (SSSR count). The van der Waals surface area contributed by atoms with Gasteiger partial charge in [-0.15, -0.1) is 0 Å². The number of rotatable bonds is 2. The molecule has 1 aromatic carbocycles. The van der Waals surface area contributed by atoms with E-state index in [2.05, 4.69) is 6.92 Å². The fraction of sp³-hybridized carbons (Fsp3) is 0.533.